The zero-order chi connectivity index (χ0) is 16.9. The van der Waals surface area contributed by atoms with Crippen LogP contribution in [0.4, 0.5) is 0 Å². The van der Waals surface area contributed by atoms with E-state index in [2.05, 4.69) is 47.6 Å². The van der Waals surface area contributed by atoms with Crippen LogP contribution in [0.2, 0.25) is 0 Å². The summed E-state index contributed by atoms with van der Waals surface area (Å²) in [6.45, 7) is 15.3. The van der Waals surface area contributed by atoms with Gasteiger partial charge in [0.1, 0.15) is 0 Å². The second-order valence-corrected chi connectivity index (χ2v) is 10.1. The third-order valence-electron chi connectivity index (χ3n) is 8.97. The molecule has 132 valence electrons. The first-order valence-corrected chi connectivity index (χ1v) is 10.5. The van der Waals surface area contributed by atoms with Gasteiger partial charge in [0, 0.05) is 0 Å². The van der Waals surface area contributed by atoms with E-state index >= 15 is 0 Å². The van der Waals surface area contributed by atoms with Crippen molar-refractivity contribution in [3.05, 3.63) is 11.6 Å². The van der Waals surface area contributed by atoms with Crippen molar-refractivity contribution in [1.29, 1.82) is 0 Å². The van der Waals surface area contributed by atoms with Gasteiger partial charge < -0.3 is 0 Å². The van der Waals surface area contributed by atoms with Crippen molar-refractivity contribution in [2.45, 2.75) is 99.3 Å². The van der Waals surface area contributed by atoms with Crippen LogP contribution in [0.25, 0.3) is 0 Å². The van der Waals surface area contributed by atoms with Crippen LogP contribution in [0, 0.1) is 34.0 Å². The predicted octanol–water partition coefficient (Wildman–Crippen LogP) is 7.39. The lowest BCUT2D eigenvalue weighted by atomic mass is 9.40. The zero-order valence-electron chi connectivity index (χ0n) is 16.7. The molecule has 0 amide bonds. The van der Waals surface area contributed by atoms with Crippen LogP contribution in [0.1, 0.15) is 99.3 Å². The first kappa shape index (κ1) is 17.6. The van der Waals surface area contributed by atoms with Crippen molar-refractivity contribution in [2.75, 3.05) is 0 Å². The smallest absolute Gasteiger partial charge is 0.0235 e. The topological polar surface area (TPSA) is 0 Å². The molecule has 0 spiro atoms. The van der Waals surface area contributed by atoms with E-state index in [1.807, 2.05) is 0 Å². The van der Waals surface area contributed by atoms with Crippen LogP contribution in [0.5, 0.6) is 0 Å². The SMILES string of the molecule is CCC1=CCC2C3(C)CCCC(C)(C)C3CCC2(CC)C(C)C1. The van der Waals surface area contributed by atoms with E-state index in [9.17, 15) is 0 Å². The standard InChI is InChI=1S/C23H40/c1-7-18-10-11-20-22(6)14-9-13-21(4,5)19(22)12-15-23(20,8-2)17(3)16-18/h10,17,19-20H,7-9,11-16H2,1-6H3. The van der Waals surface area contributed by atoms with Crippen LogP contribution >= 0.6 is 0 Å². The Morgan fingerprint density at radius 1 is 1.04 bits per heavy atom. The summed E-state index contributed by atoms with van der Waals surface area (Å²) in [5.74, 6) is 2.73. The molecule has 3 aliphatic carbocycles. The van der Waals surface area contributed by atoms with Gasteiger partial charge in [-0.15, -0.1) is 0 Å². The lowest BCUT2D eigenvalue weighted by Gasteiger charge is -2.64. The fraction of sp³-hybridized carbons (Fsp3) is 0.913. The Kier molecular flexibility index (Phi) is 4.52. The number of hydrogen-bond acceptors (Lipinski definition) is 0. The molecule has 3 rings (SSSR count). The molecule has 0 nitrogen and oxygen atoms in total. The van der Waals surface area contributed by atoms with Crippen LogP contribution in [0.3, 0.4) is 0 Å². The van der Waals surface area contributed by atoms with E-state index in [4.69, 9.17) is 0 Å². The Morgan fingerprint density at radius 3 is 2.43 bits per heavy atom. The molecule has 0 N–H and O–H groups in total. The van der Waals surface area contributed by atoms with Crippen molar-refractivity contribution in [3.63, 3.8) is 0 Å². The van der Waals surface area contributed by atoms with Crippen LogP contribution in [-0.4, -0.2) is 0 Å². The third kappa shape index (κ3) is 2.54. The van der Waals surface area contributed by atoms with E-state index in [1.165, 1.54) is 57.8 Å². The Morgan fingerprint density at radius 2 is 1.78 bits per heavy atom. The summed E-state index contributed by atoms with van der Waals surface area (Å²) in [7, 11) is 0. The molecule has 0 aromatic carbocycles. The molecule has 2 fully saturated rings. The van der Waals surface area contributed by atoms with Gasteiger partial charge >= 0.3 is 0 Å². The summed E-state index contributed by atoms with van der Waals surface area (Å²) in [4.78, 5) is 0. The third-order valence-corrected chi connectivity index (χ3v) is 8.97. The molecule has 5 unspecified atom stereocenters. The fourth-order valence-electron chi connectivity index (χ4n) is 7.67. The second-order valence-electron chi connectivity index (χ2n) is 10.1. The molecule has 23 heavy (non-hydrogen) atoms. The minimum atomic E-state index is 0.555. The van der Waals surface area contributed by atoms with Gasteiger partial charge in [-0.1, -0.05) is 59.6 Å². The van der Waals surface area contributed by atoms with Crippen LogP contribution in [-0.2, 0) is 0 Å². The average molecular weight is 317 g/mol. The maximum absolute atomic E-state index is 2.70. The van der Waals surface area contributed by atoms with E-state index in [-0.39, 0.29) is 0 Å². The van der Waals surface area contributed by atoms with Gasteiger partial charge in [-0.25, -0.2) is 0 Å². The van der Waals surface area contributed by atoms with Gasteiger partial charge in [0.15, 0.2) is 0 Å². The molecule has 0 heterocycles. The summed E-state index contributed by atoms with van der Waals surface area (Å²) in [6, 6.07) is 0. The molecule has 3 aliphatic rings. The Labute approximate surface area is 145 Å². The minimum absolute atomic E-state index is 0.555. The van der Waals surface area contributed by atoms with Gasteiger partial charge in [0.25, 0.3) is 0 Å². The number of hydrogen-bond donors (Lipinski definition) is 0. The van der Waals surface area contributed by atoms with Gasteiger partial charge in [-0.2, -0.15) is 0 Å². The normalized spacial score (nSPS) is 46.3. The van der Waals surface area contributed by atoms with Crippen molar-refractivity contribution >= 4 is 0 Å². The van der Waals surface area contributed by atoms with Crippen molar-refractivity contribution in [3.8, 4) is 0 Å². The van der Waals surface area contributed by atoms with Crippen LogP contribution < -0.4 is 0 Å². The summed E-state index contributed by atoms with van der Waals surface area (Å²) in [5, 5.41) is 0. The van der Waals surface area contributed by atoms with E-state index in [0.717, 1.165) is 17.8 Å². The number of rotatable bonds is 2. The Hall–Kier alpha value is -0.260. The van der Waals surface area contributed by atoms with E-state index in [0.29, 0.717) is 16.2 Å². The molecular weight excluding hydrogens is 276 g/mol. The highest BCUT2D eigenvalue weighted by Gasteiger charge is 2.60. The largest absolute Gasteiger partial charge is 0.0850 e. The van der Waals surface area contributed by atoms with Gasteiger partial charge in [0.2, 0.25) is 0 Å². The lowest BCUT2D eigenvalue weighted by Crippen LogP contribution is -2.56. The fourth-order valence-corrected chi connectivity index (χ4v) is 7.67. The quantitative estimate of drug-likeness (QED) is 0.466. The monoisotopic (exact) mass is 316 g/mol. The number of fused-ring (bicyclic) bond motifs is 3. The maximum Gasteiger partial charge on any atom is -0.0235 e. The first-order valence-electron chi connectivity index (χ1n) is 10.5. The summed E-state index contributed by atoms with van der Waals surface area (Å²) in [6.07, 6.45) is 15.4. The van der Waals surface area contributed by atoms with Crippen LogP contribution in [0.15, 0.2) is 11.6 Å². The highest BCUT2D eigenvalue weighted by Crippen LogP contribution is 2.68. The summed E-state index contributed by atoms with van der Waals surface area (Å²) in [5.41, 5.74) is 3.48. The summed E-state index contributed by atoms with van der Waals surface area (Å²) < 4.78 is 0. The van der Waals surface area contributed by atoms with E-state index < -0.39 is 0 Å². The molecule has 0 bridgehead atoms. The van der Waals surface area contributed by atoms with Gasteiger partial charge in [0.05, 0.1) is 0 Å². The highest BCUT2D eigenvalue weighted by atomic mass is 14.6. The Balaban J connectivity index is 2.04. The van der Waals surface area contributed by atoms with Crippen molar-refractivity contribution < 1.29 is 0 Å². The molecule has 0 radical (unpaired) electrons. The Bertz CT molecular complexity index is 470. The lowest BCUT2D eigenvalue weighted by molar-refractivity contribution is -0.150. The van der Waals surface area contributed by atoms with Crippen molar-refractivity contribution in [2.24, 2.45) is 34.0 Å². The average Bonchev–Trinajstić information content (AvgIpc) is 2.64. The molecule has 0 saturated heterocycles. The molecule has 2 saturated carbocycles. The molecule has 0 aromatic heterocycles. The molecule has 0 heteroatoms. The molecule has 0 aliphatic heterocycles. The van der Waals surface area contributed by atoms with Gasteiger partial charge in [-0.3, -0.25) is 0 Å². The first-order chi connectivity index (χ1) is 10.8. The zero-order valence-corrected chi connectivity index (χ0v) is 16.7. The minimum Gasteiger partial charge on any atom is -0.0850 e. The summed E-state index contributed by atoms with van der Waals surface area (Å²) >= 11 is 0. The predicted molar refractivity (Wildman–Crippen MR) is 101 cm³/mol. The van der Waals surface area contributed by atoms with Crippen molar-refractivity contribution in [1.82, 2.24) is 0 Å². The molecular formula is C23H40. The highest BCUT2D eigenvalue weighted by molar-refractivity contribution is 5.16. The van der Waals surface area contributed by atoms with Gasteiger partial charge in [-0.05, 0) is 85.4 Å². The molecule has 5 atom stereocenters. The number of allylic oxidation sites excluding steroid dienone is 2. The maximum atomic E-state index is 2.70. The molecule has 0 aromatic rings. The van der Waals surface area contributed by atoms with E-state index in [1.54, 1.807) is 5.57 Å². The second kappa shape index (κ2) is 5.92.